The number of rotatable bonds is 35. The molecule has 0 bridgehead atoms. The summed E-state index contributed by atoms with van der Waals surface area (Å²) < 4.78 is 102. The van der Waals surface area contributed by atoms with Gasteiger partial charge in [-0.3, -0.25) is 0 Å². The van der Waals surface area contributed by atoms with Crippen LogP contribution >= 0.6 is 0 Å². The number of aliphatic carboxylic acids is 2. The molecule has 5 heterocycles. The van der Waals surface area contributed by atoms with Gasteiger partial charge in [-0.05, 0) is 50.0 Å². The van der Waals surface area contributed by atoms with E-state index < -0.39 is 185 Å². The molecule has 5 fully saturated rings. The van der Waals surface area contributed by atoms with E-state index in [1.54, 1.807) is 164 Å². The van der Waals surface area contributed by atoms with Gasteiger partial charge in [0.1, 0.15) is 116 Å². The maximum Gasteiger partial charge on any atom is 1.00 e. The fraction of sp³-hybridized carbons (Fsp3) is 0.479. The molecule has 109 heavy (non-hydrogen) atoms. The zero-order chi connectivity index (χ0) is 75.2. The second-order valence-corrected chi connectivity index (χ2v) is 25.4. The minimum atomic E-state index is -2.35. The van der Waals surface area contributed by atoms with Crippen molar-refractivity contribution in [3.05, 3.63) is 247 Å². The molecule has 5 aliphatic rings. The maximum atomic E-state index is 14.0. The number of carboxylic acid groups (broad SMARTS) is 2. The maximum absolute atomic E-state index is 14.0. The van der Waals surface area contributed by atoms with Crippen LogP contribution in [0.1, 0.15) is 33.4 Å². The van der Waals surface area contributed by atoms with Gasteiger partial charge in [0.25, 0.3) is 0 Å². The van der Waals surface area contributed by atoms with E-state index in [4.69, 9.17) is 75.8 Å². The number of nitrogens with zero attached hydrogens (tertiary/aromatic N) is 9. The molecule has 5 saturated heterocycles. The second kappa shape index (κ2) is 43.4. The summed E-state index contributed by atoms with van der Waals surface area (Å²) in [6.07, 6.45) is -39.4. The monoisotopic (exact) mass is 1530 g/mol. The number of aliphatic hydroxyl groups is 5. The van der Waals surface area contributed by atoms with Crippen molar-refractivity contribution in [2.45, 2.75) is 193 Å². The van der Waals surface area contributed by atoms with Crippen LogP contribution in [0.2, 0.25) is 0 Å². The summed E-state index contributed by atoms with van der Waals surface area (Å²) in [5, 5.41) is 97.9. The zero-order valence-electron chi connectivity index (χ0n) is 59.5. The van der Waals surface area contributed by atoms with Crippen molar-refractivity contribution in [3.8, 4) is 0 Å². The Morgan fingerprint density at radius 3 is 1.05 bits per heavy atom. The third-order valence-electron chi connectivity index (χ3n) is 18.6. The Bertz CT molecular complexity index is 3880. The Kier molecular flexibility index (Phi) is 34.4. The summed E-state index contributed by atoms with van der Waals surface area (Å²) in [7, 11) is 1.26. The van der Waals surface area contributed by atoms with E-state index in [-0.39, 0.29) is 98.8 Å². The molecule has 10 unspecified atom stereocenters. The normalized spacial score (nSPS) is 32.2. The van der Waals surface area contributed by atoms with Gasteiger partial charge >= 0.3 is 59.1 Å². The van der Waals surface area contributed by atoms with Crippen LogP contribution in [0.15, 0.2) is 197 Å². The summed E-state index contributed by atoms with van der Waals surface area (Å²) in [5.74, 6) is -3.95. The number of carboxylic acids is 2. The van der Waals surface area contributed by atoms with Crippen molar-refractivity contribution in [1.82, 2.24) is 0 Å². The van der Waals surface area contributed by atoms with Gasteiger partial charge in [-0.1, -0.05) is 197 Å². The standard InChI is InChI=1S/C73H83N9O25.2Na/c1-92-69-51(78-81-75)59(95-37-43-24-12-4-13-25-43)57(49(34-85)99-69)103-72-54(87)60(96-38-44-26-14-5-15-27-44)62(64(106-72)67(88)89)104-70-50(77-80-74)53(86)55(47(32-83)100-70)102-73-66(98-40-46-30-18-7-19-31-46)61(97-39-45-28-16-6-17-29-45)63(65(107-73)68(90)91)105-71-52(79-82-76)58(94-36-42-22-10-3-11-23-42)56(48(33-84)101-71)93-35-41-20-8-2-9-21-41;;/h2-31,47-66,69-73,83-87H,32-40H2,1H3,(H,88,89)(H,90,91);;/q;2*+1/p-2/t47?,48?,49?,50-,51-,52?,53?,54?,55+,56+,57+,58-,59?,60+,61+,62-,63-,64?,65?,66?,69-,70+,71+,72-,73-;;/m1../s1. The van der Waals surface area contributed by atoms with Gasteiger partial charge in [0.05, 0.1) is 77.5 Å². The van der Waals surface area contributed by atoms with E-state index in [2.05, 4.69) is 30.1 Å². The third kappa shape index (κ3) is 22.2. The van der Waals surface area contributed by atoms with Crippen molar-refractivity contribution in [3.63, 3.8) is 0 Å². The van der Waals surface area contributed by atoms with Crippen molar-refractivity contribution in [2.24, 2.45) is 15.3 Å². The van der Waals surface area contributed by atoms with Crippen molar-refractivity contribution < 1.29 is 180 Å². The SMILES string of the molecule is CO[C@@H]1OC(CO)[C@H](O[C@@H]2OC(C(=O)[O-])[C@H](O[C@@H]3OC(CO)[C@H](O[C@@H]4OC(C(=O)[O-])[C@H](O[C@@H]5OC(CO)[C@H](OCc6ccccc6)[C@H](OCc6ccccc6)C5N=[N+]=[N-])[C@H](OCc5ccccc5)C4OCc4ccccc4)C(O)[C@H]3N=[N+]=[N-])[C@@H](OCc3ccccc3)C2O)C(OCc2ccccc2)[C@H]1N=[N+]=[N-].[Na+].[Na+]. The molecule has 36 heteroatoms. The number of carbonyl (C=O) groups excluding carboxylic acids is 2. The van der Waals surface area contributed by atoms with E-state index >= 15 is 0 Å². The molecular weight excluding hydrogens is 1450 g/mol. The van der Waals surface area contributed by atoms with Gasteiger partial charge in [-0.15, -0.1) is 0 Å². The molecule has 0 radical (unpaired) electrons. The van der Waals surface area contributed by atoms with Crippen LogP contribution in [0.5, 0.6) is 0 Å². The average molecular weight is 1530 g/mol. The minimum Gasteiger partial charge on any atom is -0.547 e. The van der Waals surface area contributed by atoms with Crippen LogP contribution in [-0.2, 0) is 125 Å². The summed E-state index contributed by atoms with van der Waals surface area (Å²) in [4.78, 5) is 36.7. The molecule has 11 rings (SSSR count). The van der Waals surface area contributed by atoms with Crippen LogP contribution in [-0.4, -0.2) is 218 Å². The van der Waals surface area contributed by atoms with Gasteiger partial charge in [0.2, 0.25) is 0 Å². The molecule has 6 aromatic rings. The smallest absolute Gasteiger partial charge is 0.547 e. The Hall–Kier alpha value is -6.65. The molecule has 0 saturated carbocycles. The summed E-state index contributed by atoms with van der Waals surface area (Å²) in [5.41, 5.74) is 34.0. The molecule has 570 valence electrons. The first-order valence-corrected chi connectivity index (χ1v) is 34.3. The van der Waals surface area contributed by atoms with E-state index in [1.807, 2.05) is 18.2 Å². The Balaban J connectivity index is 0.00000684. The predicted octanol–water partition coefficient (Wildman–Crippen LogP) is -2.45. The fourth-order valence-electron chi connectivity index (χ4n) is 13.3. The van der Waals surface area contributed by atoms with Crippen LogP contribution in [0.4, 0.5) is 0 Å². The number of hydrogen-bond acceptors (Lipinski definition) is 28. The Labute approximate surface area is 669 Å². The summed E-state index contributed by atoms with van der Waals surface area (Å²) >= 11 is 0. The first-order chi connectivity index (χ1) is 52.3. The van der Waals surface area contributed by atoms with Crippen LogP contribution in [0, 0.1) is 0 Å². The van der Waals surface area contributed by atoms with E-state index in [0.717, 1.165) is 5.56 Å². The first-order valence-electron chi connectivity index (χ1n) is 34.3. The van der Waals surface area contributed by atoms with Gasteiger partial charge in [-0.25, -0.2) is 0 Å². The van der Waals surface area contributed by atoms with Crippen LogP contribution in [0.3, 0.4) is 0 Å². The van der Waals surface area contributed by atoms with Crippen LogP contribution in [0.25, 0.3) is 31.3 Å². The molecular formula is C73H81N9Na2O25. The van der Waals surface area contributed by atoms with E-state index in [1.165, 1.54) is 7.11 Å². The molecule has 0 aromatic heterocycles. The zero-order valence-corrected chi connectivity index (χ0v) is 63.5. The van der Waals surface area contributed by atoms with Crippen LogP contribution < -0.4 is 69.3 Å². The number of carbonyl (C=O) groups is 2. The predicted molar refractivity (Wildman–Crippen MR) is 362 cm³/mol. The topological polar surface area (TPSA) is 475 Å². The van der Waals surface area contributed by atoms with Gasteiger partial charge in [0, 0.05) is 21.8 Å². The van der Waals surface area contributed by atoms with Gasteiger partial charge < -0.3 is 121 Å². The molecule has 34 nitrogen and oxygen atoms in total. The average Bonchev–Trinajstić information content (AvgIpc) is 0.764. The number of benzene rings is 6. The van der Waals surface area contributed by atoms with Gasteiger partial charge in [0.15, 0.2) is 31.5 Å². The quantitative estimate of drug-likeness (QED) is 0.0119. The molecule has 0 aliphatic carbocycles. The van der Waals surface area contributed by atoms with Crippen molar-refractivity contribution in [2.75, 3.05) is 26.9 Å². The number of aliphatic hydroxyl groups excluding tert-OH is 5. The van der Waals surface area contributed by atoms with E-state index in [0.29, 0.717) is 27.8 Å². The molecule has 0 spiro atoms. The summed E-state index contributed by atoms with van der Waals surface area (Å²) in [6, 6.07) is 47.5. The molecule has 5 N–H and O–H groups in total. The number of hydrogen-bond donors (Lipinski definition) is 5. The molecule has 25 atom stereocenters. The third-order valence-corrected chi connectivity index (χ3v) is 18.6. The first kappa shape index (κ1) is 86.3. The van der Waals surface area contributed by atoms with E-state index in [9.17, 15) is 61.9 Å². The summed E-state index contributed by atoms with van der Waals surface area (Å²) in [6.45, 7) is -3.79. The number of azide groups is 3. The van der Waals surface area contributed by atoms with Crippen molar-refractivity contribution >= 4 is 11.9 Å². The fourth-order valence-corrected chi connectivity index (χ4v) is 13.3. The number of methoxy groups -OCH3 is 1. The Morgan fingerprint density at radius 2 is 0.651 bits per heavy atom. The minimum absolute atomic E-state index is 0. The Morgan fingerprint density at radius 1 is 0.358 bits per heavy atom. The van der Waals surface area contributed by atoms with Gasteiger partial charge in [-0.2, -0.15) is 0 Å². The molecule has 0 amide bonds. The van der Waals surface area contributed by atoms with Crippen molar-refractivity contribution in [1.29, 1.82) is 0 Å². The molecule has 6 aromatic carbocycles. The number of ether oxygens (including phenoxy) is 16. The molecule has 5 aliphatic heterocycles. The second-order valence-electron chi connectivity index (χ2n) is 25.4. The largest absolute Gasteiger partial charge is 1.00 e.